The topological polar surface area (TPSA) is 59.4 Å². The van der Waals surface area contributed by atoms with Crippen molar-refractivity contribution in [1.82, 2.24) is 20.0 Å². The highest BCUT2D eigenvalue weighted by Gasteiger charge is 2.26. The summed E-state index contributed by atoms with van der Waals surface area (Å²) in [5.74, 6) is 0.0641. The number of rotatable bonds is 5. The van der Waals surface area contributed by atoms with Crippen molar-refractivity contribution in [1.29, 1.82) is 0 Å². The van der Waals surface area contributed by atoms with Gasteiger partial charge >= 0.3 is 0 Å². The van der Waals surface area contributed by atoms with E-state index in [-0.39, 0.29) is 18.1 Å². The Morgan fingerprint density at radius 2 is 1.85 bits per heavy atom. The number of halogens is 1. The third-order valence-corrected chi connectivity index (χ3v) is 5.28. The van der Waals surface area contributed by atoms with Crippen molar-refractivity contribution < 1.29 is 9.53 Å². The third-order valence-electron chi connectivity index (χ3n) is 4.81. The summed E-state index contributed by atoms with van der Waals surface area (Å²) in [6, 6.07) is 7.77. The van der Waals surface area contributed by atoms with Crippen LogP contribution in [0.2, 0.25) is 5.15 Å². The molecule has 1 aliphatic heterocycles. The molecular weight excluding hydrogens is 364 g/mol. The van der Waals surface area contributed by atoms with Crippen molar-refractivity contribution >= 4 is 17.5 Å². The molecule has 1 saturated heterocycles. The molecule has 7 heteroatoms. The summed E-state index contributed by atoms with van der Waals surface area (Å²) in [5.41, 5.74) is 3.78. The van der Waals surface area contributed by atoms with Gasteiger partial charge in [-0.05, 0) is 38.5 Å². The van der Waals surface area contributed by atoms with E-state index in [2.05, 4.69) is 10.4 Å². The van der Waals surface area contributed by atoms with Crippen molar-refractivity contribution in [2.24, 2.45) is 7.05 Å². The molecule has 27 heavy (non-hydrogen) atoms. The molecule has 2 heterocycles. The number of benzene rings is 1. The molecule has 1 N–H and O–H groups in total. The van der Waals surface area contributed by atoms with Gasteiger partial charge in [0, 0.05) is 44.4 Å². The van der Waals surface area contributed by atoms with Crippen LogP contribution in [0.3, 0.4) is 0 Å². The summed E-state index contributed by atoms with van der Waals surface area (Å²) < 4.78 is 7.39. The number of aryl methyl sites for hydroxylation is 2. The summed E-state index contributed by atoms with van der Waals surface area (Å²) in [6.07, 6.45) is 0.146. The highest BCUT2D eigenvalue weighted by atomic mass is 35.5. The molecule has 2 atom stereocenters. The van der Waals surface area contributed by atoms with Gasteiger partial charge in [0.1, 0.15) is 5.15 Å². The van der Waals surface area contributed by atoms with Crippen LogP contribution in [-0.2, 0) is 24.9 Å². The molecule has 0 radical (unpaired) electrons. The Morgan fingerprint density at radius 1 is 1.22 bits per heavy atom. The Labute approximate surface area is 165 Å². The van der Waals surface area contributed by atoms with Crippen molar-refractivity contribution in [3.63, 3.8) is 0 Å². The first-order valence-corrected chi connectivity index (χ1v) is 9.65. The van der Waals surface area contributed by atoms with E-state index in [1.165, 1.54) is 0 Å². The van der Waals surface area contributed by atoms with Crippen molar-refractivity contribution in [3.05, 3.63) is 51.8 Å². The lowest BCUT2D eigenvalue weighted by Gasteiger charge is -2.35. The van der Waals surface area contributed by atoms with Crippen LogP contribution in [0.1, 0.15) is 41.0 Å². The number of hydrogen-bond donors (Lipinski definition) is 1. The molecule has 0 saturated carbocycles. The highest BCUT2D eigenvalue weighted by Crippen LogP contribution is 2.18. The van der Waals surface area contributed by atoms with Crippen LogP contribution in [0.25, 0.3) is 0 Å². The summed E-state index contributed by atoms with van der Waals surface area (Å²) in [6.45, 7) is 8.58. The Balaban J connectivity index is 1.56. The van der Waals surface area contributed by atoms with Gasteiger partial charge in [-0.15, -0.1) is 0 Å². The zero-order valence-electron chi connectivity index (χ0n) is 16.3. The second-order valence-electron chi connectivity index (χ2n) is 7.25. The molecule has 1 aliphatic rings. The van der Waals surface area contributed by atoms with Crippen molar-refractivity contribution in [2.45, 2.75) is 46.1 Å². The fraction of sp³-hybridized carbons (Fsp3) is 0.500. The minimum Gasteiger partial charge on any atom is -0.372 e. The standard InChI is InChI=1S/C20H27ClN4O2/c1-13-11-25(12-14(2)27-13)20(26)17-7-5-16(6-8-17)9-22-10-18-15(3)23-24(4)19(18)21/h5-8,13-14,22H,9-12H2,1-4H3/t13-,14-/m0/s1. The Hall–Kier alpha value is -1.89. The average molecular weight is 391 g/mol. The number of carbonyl (C=O) groups excluding carboxylic acids is 1. The molecule has 1 aromatic carbocycles. The van der Waals surface area contributed by atoms with Gasteiger partial charge in [-0.2, -0.15) is 5.10 Å². The van der Waals surface area contributed by atoms with E-state index in [9.17, 15) is 4.79 Å². The zero-order valence-corrected chi connectivity index (χ0v) is 17.1. The number of amides is 1. The van der Waals surface area contributed by atoms with Crippen molar-refractivity contribution in [3.8, 4) is 0 Å². The first-order valence-electron chi connectivity index (χ1n) is 9.27. The Bertz CT molecular complexity index is 793. The quantitative estimate of drug-likeness (QED) is 0.852. The van der Waals surface area contributed by atoms with Crippen LogP contribution in [0.5, 0.6) is 0 Å². The highest BCUT2D eigenvalue weighted by molar-refractivity contribution is 6.30. The lowest BCUT2D eigenvalue weighted by atomic mass is 10.1. The van der Waals surface area contributed by atoms with E-state index in [1.807, 2.05) is 57.0 Å². The molecule has 2 aromatic rings. The number of morpholine rings is 1. The van der Waals surface area contributed by atoms with Crippen LogP contribution < -0.4 is 5.32 Å². The second kappa shape index (κ2) is 8.42. The van der Waals surface area contributed by atoms with E-state index >= 15 is 0 Å². The SMILES string of the molecule is Cc1nn(C)c(Cl)c1CNCc1ccc(C(=O)N2C[C@H](C)O[C@@H](C)C2)cc1. The molecule has 1 aromatic heterocycles. The second-order valence-corrected chi connectivity index (χ2v) is 7.60. The number of carbonyl (C=O) groups is 1. The molecule has 146 valence electrons. The molecule has 0 spiro atoms. The molecule has 3 rings (SSSR count). The minimum absolute atomic E-state index is 0.0641. The zero-order chi connectivity index (χ0) is 19.6. The van der Waals surface area contributed by atoms with E-state index in [0.717, 1.165) is 16.8 Å². The lowest BCUT2D eigenvalue weighted by molar-refractivity contribution is -0.0586. The first-order chi connectivity index (χ1) is 12.8. The largest absolute Gasteiger partial charge is 0.372 e. The molecule has 1 fully saturated rings. The Kier molecular flexibility index (Phi) is 6.19. The first kappa shape index (κ1) is 19.9. The summed E-state index contributed by atoms with van der Waals surface area (Å²) in [4.78, 5) is 14.6. The van der Waals surface area contributed by atoms with Gasteiger partial charge in [0.05, 0.1) is 17.9 Å². The molecular formula is C20H27ClN4O2. The van der Waals surface area contributed by atoms with Gasteiger partial charge in [0.15, 0.2) is 0 Å². The molecule has 0 unspecified atom stereocenters. The van der Waals surface area contributed by atoms with Crippen LogP contribution in [0.4, 0.5) is 0 Å². The van der Waals surface area contributed by atoms with E-state index in [1.54, 1.807) is 4.68 Å². The summed E-state index contributed by atoms with van der Waals surface area (Å²) in [7, 11) is 1.84. The molecule has 6 nitrogen and oxygen atoms in total. The van der Waals surface area contributed by atoms with Crippen LogP contribution >= 0.6 is 11.6 Å². The van der Waals surface area contributed by atoms with Crippen LogP contribution in [0.15, 0.2) is 24.3 Å². The van der Waals surface area contributed by atoms with Crippen molar-refractivity contribution in [2.75, 3.05) is 13.1 Å². The Morgan fingerprint density at radius 3 is 2.41 bits per heavy atom. The van der Waals surface area contributed by atoms with E-state index in [4.69, 9.17) is 16.3 Å². The predicted molar refractivity (Wildman–Crippen MR) is 106 cm³/mol. The number of nitrogens with zero attached hydrogens (tertiary/aromatic N) is 3. The maximum atomic E-state index is 12.7. The van der Waals surface area contributed by atoms with Crippen LogP contribution in [-0.4, -0.2) is 45.9 Å². The van der Waals surface area contributed by atoms with E-state index in [0.29, 0.717) is 36.9 Å². The predicted octanol–water partition coefficient (Wildman–Crippen LogP) is 2.92. The number of nitrogens with one attached hydrogen (secondary N) is 1. The van der Waals surface area contributed by atoms with Gasteiger partial charge in [0.25, 0.3) is 5.91 Å². The van der Waals surface area contributed by atoms with Gasteiger partial charge in [0.2, 0.25) is 0 Å². The van der Waals surface area contributed by atoms with E-state index < -0.39 is 0 Å². The fourth-order valence-electron chi connectivity index (χ4n) is 3.50. The summed E-state index contributed by atoms with van der Waals surface area (Å²) >= 11 is 6.26. The minimum atomic E-state index is 0.0641. The van der Waals surface area contributed by atoms with Gasteiger partial charge in [-0.1, -0.05) is 23.7 Å². The monoisotopic (exact) mass is 390 g/mol. The normalized spacial score (nSPS) is 20.1. The number of ether oxygens (including phenoxy) is 1. The maximum absolute atomic E-state index is 12.7. The van der Waals surface area contributed by atoms with Gasteiger partial charge in [-0.3, -0.25) is 9.48 Å². The lowest BCUT2D eigenvalue weighted by Crippen LogP contribution is -2.48. The fourth-order valence-corrected chi connectivity index (χ4v) is 3.74. The molecule has 1 amide bonds. The number of hydrogen-bond acceptors (Lipinski definition) is 4. The molecule has 0 aliphatic carbocycles. The third kappa shape index (κ3) is 4.69. The summed E-state index contributed by atoms with van der Waals surface area (Å²) in [5, 5.41) is 8.36. The maximum Gasteiger partial charge on any atom is 0.254 e. The van der Waals surface area contributed by atoms with Gasteiger partial charge < -0.3 is 15.0 Å². The van der Waals surface area contributed by atoms with Crippen LogP contribution in [0, 0.1) is 6.92 Å². The number of aromatic nitrogens is 2. The van der Waals surface area contributed by atoms with Gasteiger partial charge in [-0.25, -0.2) is 0 Å². The average Bonchev–Trinajstić information content (AvgIpc) is 2.87. The molecule has 0 bridgehead atoms. The smallest absolute Gasteiger partial charge is 0.254 e.